The van der Waals surface area contributed by atoms with Gasteiger partial charge in [0.2, 0.25) is 0 Å². The maximum Gasteiger partial charge on any atom is 0.251 e. The molecule has 0 saturated carbocycles. The molecule has 0 spiro atoms. The number of nitrogens with one attached hydrogen (secondary N) is 2. The molecule has 2 atom stereocenters. The fourth-order valence-electron chi connectivity index (χ4n) is 4.31. The van der Waals surface area contributed by atoms with Crippen LogP contribution in [0.3, 0.4) is 0 Å². The Morgan fingerprint density at radius 1 is 1.00 bits per heavy atom. The van der Waals surface area contributed by atoms with Crippen molar-refractivity contribution in [1.82, 2.24) is 15.6 Å². The number of benzene rings is 2. The second kappa shape index (κ2) is 15.0. The number of ether oxygens (including phenoxy) is 1. The summed E-state index contributed by atoms with van der Waals surface area (Å²) < 4.78 is 5.29. The van der Waals surface area contributed by atoms with E-state index in [9.17, 15) is 9.90 Å². The Bertz CT molecular complexity index is 1090. The number of aromatic nitrogens is 1. The summed E-state index contributed by atoms with van der Waals surface area (Å²) in [5.74, 6) is 1.38. The van der Waals surface area contributed by atoms with Gasteiger partial charge in [-0.05, 0) is 54.7 Å². The molecule has 1 amide bonds. The first-order chi connectivity index (χ1) is 18.0. The van der Waals surface area contributed by atoms with Gasteiger partial charge in [-0.1, -0.05) is 56.3 Å². The molecule has 0 aliphatic carbocycles. The van der Waals surface area contributed by atoms with Crippen LogP contribution in [0.5, 0.6) is 5.75 Å². The first-order valence-corrected chi connectivity index (χ1v) is 13.1. The fraction of sp³-hybridized carbons (Fsp3) is 0.400. The van der Waals surface area contributed by atoms with Crippen LogP contribution >= 0.6 is 0 Å². The maximum atomic E-state index is 13.3. The average Bonchev–Trinajstić information content (AvgIpc) is 2.93. The molecule has 7 nitrogen and oxygen atoms in total. The van der Waals surface area contributed by atoms with E-state index in [0.29, 0.717) is 25.1 Å². The molecule has 0 aliphatic rings. The number of pyridine rings is 1. The van der Waals surface area contributed by atoms with Crippen LogP contribution in [0.15, 0.2) is 72.9 Å². The molecular formula is C30H40N4O3. The molecule has 198 valence electrons. The van der Waals surface area contributed by atoms with E-state index in [1.165, 1.54) is 0 Å². The molecule has 0 fully saturated rings. The van der Waals surface area contributed by atoms with Gasteiger partial charge in [-0.2, -0.15) is 0 Å². The summed E-state index contributed by atoms with van der Waals surface area (Å²) >= 11 is 0. The third kappa shape index (κ3) is 8.88. The van der Waals surface area contributed by atoms with Gasteiger partial charge in [0.1, 0.15) is 11.6 Å². The van der Waals surface area contributed by atoms with Crippen LogP contribution in [-0.4, -0.2) is 54.9 Å². The van der Waals surface area contributed by atoms with E-state index in [4.69, 9.17) is 4.74 Å². The van der Waals surface area contributed by atoms with Crippen LogP contribution in [0.2, 0.25) is 0 Å². The summed E-state index contributed by atoms with van der Waals surface area (Å²) in [7, 11) is 1.64. The van der Waals surface area contributed by atoms with Crippen molar-refractivity contribution in [2.45, 2.75) is 51.8 Å². The first kappa shape index (κ1) is 28.2. The van der Waals surface area contributed by atoms with Gasteiger partial charge in [0.25, 0.3) is 5.91 Å². The van der Waals surface area contributed by atoms with Crippen molar-refractivity contribution in [3.05, 3.63) is 89.6 Å². The minimum atomic E-state index is -0.784. The molecule has 0 aliphatic heterocycles. The summed E-state index contributed by atoms with van der Waals surface area (Å²) in [4.78, 5) is 20.0. The number of carbonyl (C=O) groups excluding carboxylic acids is 1. The van der Waals surface area contributed by atoms with E-state index >= 15 is 0 Å². The SMILES string of the molecule is CCCN(CCC)c1cc(C(=O)N[C@@H](Cc2ccccc2)[C@@H](O)CNCc2cccc(OC)c2)ccn1. The Morgan fingerprint density at radius 2 is 1.73 bits per heavy atom. The molecule has 0 saturated heterocycles. The van der Waals surface area contributed by atoms with Crippen molar-refractivity contribution in [2.24, 2.45) is 0 Å². The molecule has 3 rings (SSSR count). The van der Waals surface area contributed by atoms with Gasteiger partial charge in [-0.25, -0.2) is 4.98 Å². The predicted octanol–water partition coefficient (Wildman–Crippen LogP) is 4.21. The average molecular weight is 505 g/mol. The van der Waals surface area contributed by atoms with E-state index < -0.39 is 12.1 Å². The molecule has 7 heteroatoms. The van der Waals surface area contributed by atoms with Gasteiger partial charge < -0.3 is 25.4 Å². The van der Waals surface area contributed by atoms with Gasteiger partial charge in [-0.3, -0.25) is 4.79 Å². The molecule has 0 radical (unpaired) electrons. The topological polar surface area (TPSA) is 86.7 Å². The summed E-state index contributed by atoms with van der Waals surface area (Å²) in [5, 5.41) is 17.5. The zero-order valence-corrected chi connectivity index (χ0v) is 22.2. The Hall–Kier alpha value is -3.42. The summed E-state index contributed by atoms with van der Waals surface area (Å²) in [5.41, 5.74) is 2.65. The van der Waals surface area contributed by atoms with Crippen LogP contribution in [0, 0.1) is 0 Å². The lowest BCUT2D eigenvalue weighted by Gasteiger charge is -2.26. The van der Waals surface area contributed by atoms with E-state index in [2.05, 4.69) is 34.4 Å². The van der Waals surface area contributed by atoms with Gasteiger partial charge >= 0.3 is 0 Å². The van der Waals surface area contributed by atoms with Crippen molar-refractivity contribution in [1.29, 1.82) is 0 Å². The minimum absolute atomic E-state index is 0.218. The van der Waals surface area contributed by atoms with Crippen molar-refractivity contribution in [3.8, 4) is 5.75 Å². The van der Waals surface area contributed by atoms with Crippen LogP contribution in [0.4, 0.5) is 5.82 Å². The predicted molar refractivity (Wildman–Crippen MR) is 149 cm³/mol. The lowest BCUT2D eigenvalue weighted by atomic mass is 10.0. The summed E-state index contributed by atoms with van der Waals surface area (Å²) in [6.45, 7) is 6.96. The first-order valence-electron chi connectivity index (χ1n) is 13.1. The Balaban J connectivity index is 1.70. The molecule has 1 aromatic heterocycles. The fourth-order valence-corrected chi connectivity index (χ4v) is 4.31. The Morgan fingerprint density at radius 3 is 2.43 bits per heavy atom. The number of aliphatic hydroxyl groups is 1. The number of aliphatic hydroxyl groups excluding tert-OH is 1. The molecule has 0 unspecified atom stereocenters. The highest BCUT2D eigenvalue weighted by molar-refractivity contribution is 5.95. The van der Waals surface area contributed by atoms with Gasteiger partial charge in [0.05, 0.1) is 19.3 Å². The van der Waals surface area contributed by atoms with Gasteiger partial charge in [0.15, 0.2) is 0 Å². The number of carbonyl (C=O) groups is 1. The number of nitrogens with zero attached hydrogens (tertiary/aromatic N) is 2. The van der Waals surface area contributed by atoms with E-state index in [0.717, 1.165) is 48.6 Å². The van der Waals surface area contributed by atoms with Crippen molar-refractivity contribution < 1.29 is 14.6 Å². The van der Waals surface area contributed by atoms with Crippen LogP contribution < -0.4 is 20.3 Å². The molecular weight excluding hydrogens is 464 g/mol. The number of hydrogen-bond acceptors (Lipinski definition) is 6. The van der Waals surface area contributed by atoms with E-state index in [1.807, 2.05) is 60.7 Å². The van der Waals surface area contributed by atoms with Crippen molar-refractivity contribution >= 4 is 11.7 Å². The highest BCUT2D eigenvalue weighted by atomic mass is 16.5. The number of hydrogen-bond donors (Lipinski definition) is 3. The lowest BCUT2D eigenvalue weighted by molar-refractivity contribution is 0.0830. The normalized spacial score (nSPS) is 12.5. The molecule has 37 heavy (non-hydrogen) atoms. The van der Waals surface area contributed by atoms with Gasteiger partial charge in [-0.15, -0.1) is 0 Å². The lowest BCUT2D eigenvalue weighted by Crippen LogP contribution is -2.48. The number of amides is 1. The third-order valence-electron chi connectivity index (χ3n) is 6.21. The standard InChI is InChI=1S/C30H40N4O3/c1-4-16-34(17-5-2)29-20-25(14-15-32-29)30(36)33-27(19-23-10-7-6-8-11-23)28(35)22-31-21-24-12-9-13-26(18-24)37-3/h6-15,18,20,27-28,31,35H,4-5,16-17,19,21-22H2,1-3H3,(H,33,36)/t27-,28-/m0/s1. The molecule has 3 aromatic rings. The molecule has 0 bridgehead atoms. The van der Waals surface area contributed by atoms with Crippen LogP contribution in [-0.2, 0) is 13.0 Å². The molecule has 2 aromatic carbocycles. The minimum Gasteiger partial charge on any atom is -0.497 e. The van der Waals surface area contributed by atoms with Crippen LogP contribution in [0.25, 0.3) is 0 Å². The number of methoxy groups -OCH3 is 1. The summed E-state index contributed by atoms with van der Waals surface area (Å²) in [6.07, 6.45) is 3.43. The molecule has 1 heterocycles. The second-order valence-corrected chi connectivity index (χ2v) is 9.21. The number of rotatable bonds is 15. The van der Waals surface area contributed by atoms with E-state index in [1.54, 1.807) is 19.4 Å². The van der Waals surface area contributed by atoms with Crippen molar-refractivity contribution in [3.63, 3.8) is 0 Å². The van der Waals surface area contributed by atoms with Crippen molar-refractivity contribution in [2.75, 3.05) is 31.6 Å². The largest absolute Gasteiger partial charge is 0.497 e. The Labute approximate surface area is 220 Å². The number of anilines is 1. The highest BCUT2D eigenvalue weighted by Crippen LogP contribution is 2.16. The second-order valence-electron chi connectivity index (χ2n) is 9.21. The molecule has 3 N–H and O–H groups in total. The smallest absolute Gasteiger partial charge is 0.251 e. The zero-order chi connectivity index (χ0) is 26.5. The highest BCUT2D eigenvalue weighted by Gasteiger charge is 2.23. The third-order valence-corrected chi connectivity index (χ3v) is 6.21. The van der Waals surface area contributed by atoms with Crippen LogP contribution in [0.1, 0.15) is 48.2 Å². The Kier molecular flexibility index (Phi) is 11.4. The monoisotopic (exact) mass is 504 g/mol. The maximum absolute atomic E-state index is 13.3. The summed E-state index contributed by atoms with van der Waals surface area (Å²) in [6, 6.07) is 20.8. The van der Waals surface area contributed by atoms with E-state index in [-0.39, 0.29) is 5.91 Å². The quantitative estimate of drug-likeness (QED) is 0.288. The van der Waals surface area contributed by atoms with Gasteiger partial charge in [0, 0.05) is 37.9 Å². The zero-order valence-electron chi connectivity index (χ0n) is 22.2.